The van der Waals surface area contributed by atoms with E-state index in [1.54, 1.807) is 54.7 Å². The summed E-state index contributed by atoms with van der Waals surface area (Å²) in [6.07, 6.45) is 0.0686. The van der Waals surface area contributed by atoms with Crippen molar-refractivity contribution in [3.8, 4) is 5.75 Å². The highest BCUT2D eigenvalue weighted by Gasteiger charge is 2.18. The number of benzene rings is 2. The predicted molar refractivity (Wildman–Crippen MR) is 92.4 cm³/mol. The second kappa shape index (κ2) is 6.60. The van der Waals surface area contributed by atoms with Gasteiger partial charge in [0.15, 0.2) is 11.4 Å². The second-order valence-corrected chi connectivity index (χ2v) is 5.35. The monoisotopic (exact) mass is 335 g/mol. The third kappa shape index (κ3) is 3.14. The molecule has 124 valence electrons. The van der Waals surface area contributed by atoms with Crippen molar-refractivity contribution in [2.75, 3.05) is 5.32 Å². The van der Waals surface area contributed by atoms with Crippen molar-refractivity contribution in [3.63, 3.8) is 0 Å². The van der Waals surface area contributed by atoms with Crippen LogP contribution in [0.25, 0.3) is 11.0 Å². The highest BCUT2D eigenvalue weighted by Crippen LogP contribution is 2.36. The summed E-state index contributed by atoms with van der Waals surface area (Å²) in [7, 11) is 0. The van der Waals surface area contributed by atoms with Gasteiger partial charge in [0.1, 0.15) is 17.0 Å². The molecule has 0 aliphatic heterocycles. The molecule has 2 aromatic carbocycles. The standard InChI is InChI=1S/C19H14FN3O2/c20-18(13-7-2-1-3-8-13)24-14-9-6-10-15-17(14)19(23-25-15)22-16-11-4-5-12-21-16/h1-12,18H,(H,21,22,23). The lowest BCUT2D eigenvalue weighted by atomic mass is 10.2. The minimum Gasteiger partial charge on any atom is -0.455 e. The SMILES string of the molecule is FC(Oc1cccc2onc(Nc3ccccn3)c12)c1ccccc1. The van der Waals surface area contributed by atoms with Gasteiger partial charge in [0.2, 0.25) is 0 Å². The molecule has 0 spiro atoms. The van der Waals surface area contributed by atoms with Gasteiger partial charge < -0.3 is 14.6 Å². The molecule has 25 heavy (non-hydrogen) atoms. The lowest BCUT2D eigenvalue weighted by molar-refractivity contribution is 0.0688. The van der Waals surface area contributed by atoms with E-state index in [4.69, 9.17) is 9.26 Å². The Morgan fingerprint density at radius 3 is 2.60 bits per heavy atom. The lowest BCUT2D eigenvalue weighted by Gasteiger charge is -2.12. The Morgan fingerprint density at radius 1 is 0.960 bits per heavy atom. The Morgan fingerprint density at radius 2 is 1.80 bits per heavy atom. The maximum atomic E-state index is 14.5. The van der Waals surface area contributed by atoms with Gasteiger partial charge in [0.05, 0.1) is 0 Å². The van der Waals surface area contributed by atoms with E-state index in [1.807, 2.05) is 18.2 Å². The van der Waals surface area contributed by atoms with Gasteiger partial charge in [-0.15, -0.1) is 0 Å². The van der Waals surface area contributed by atoms with Crippen LogP contribution in [-0.4, -0.2) is 10.1 Å². The number of nitrogens with zero attached hydrogens (tertiary/aromatic N) is 2. The Balaban J connectivity index is 1.68. The Labute approximate surface area is 143 Å². The molecule has 1 atom stereocenters. The van der Waals surface area contributed by atoms with E-state index in [9.17, 15) is 4.39 Å². The highest BCUT2D eigenvalue weighted by atomic mass is 19.1. The van der Waals surface area contributed by atoms with Crippen molar-refractivity contribution in [2.45, 2.75) is 6.36 Å². The molecule has 0 amide bonds. The molecule has 0 bridgehead atoms. The van der Waals surface area contributed by atoms with Crippen LogP contribution in [0.5, 0.6) is 5.75 Å². The van der Waals surface area contributed by atoms with Gasteiger partial charge in [-0.2, -0.15) is 4.39 Å². The fourth-order valence-electron chi connectivity index (χ4n) is 2.49. The van der Waals surface area contributed by atoms with Gasteiger partial charge >= 0.3 is 0 Å². The van der Waals surface area contributed by atoms with Gasteiger partial charge in [-0.25, -0.2) is 4.98 Å². The molecule has 0 saturated carbocycles. The van der Waals surface area contributed by atoms with Gasteiger partial charge in [-0.05, 0) is 24.3 Å². The van der Waals surface area contributed by atoms with Crippen LogP contribution in [0.15, 0.2) is 77.4 Å². The third-order valence-corrected chi connectivity index (χ3v) is 3.66. The number of anilines is 2. The zero-order valence-corrected chi connectivity index (χ0v) is 13.1. The van der Waals surface area contributed by atoms with Crippen LogP contribution < -0.4 is 10.1 Å². The predicted octanol–water partition coefficient (Wildman–Crippen LogP) is 5.01. The topological polar surface area (TPSA) is 60.2 Å². The summed E-state index contributed by atoms with van der Waals surface area (Å²) in [4.78, 5) is 4.19. The first kappa shape index (κ1) is 15.1. The summed E-state index contributed by atoms with van der Waals surface area (Å²) in [5.74, 6) is 1.37. The molecule has 1 N–H and O–H groups in total. The van der Waals surface area contributed by atoms with Crippen molar-refractivity contribution >= 4 is 22.6 Å². The summed E-state index contributed by atoms with van der Waals surface area (Å²) < 4.78 is 25.3. The zero-order valence-electron chi connectivity index (χ0n) is 13.1. The van der Waals surface area contributed by atoms with Crippen molar-refractivity contribution in [1.29, 1.82) is 0 Å². The quantitative estimate of drug-likeness (QED) is 0.555. The number of aromatic nitrogens is 2. The number of hydrogen-bond acceptors (Lipinski definition) is 5. The smallest absolute Gasteiger partial charge is 0.264 e. The van der Waals surface area contributed by atoms with Crippen molar-refractivity contribution in [2.24, 2.45) is 0 Å². The first-order chi connectivity index (χ1) is 12.3. The van der Waals surface area contributed by atoms with Crippen LogP contribution in [0.1, 0.15) is 11.9 Å². The molecule has 5 nitrogen and oxygen atoms in total. The average molecular weight is 335 g/mol. The number of rotatable bonds is 5. The number of ether oxygens (including phenoxy) is 1. The molecule has 0 fully saturated rings. The summed E-state index contributed by atoms with van der Waals surface area (Å²) >= 11 is 0. The molecule has 1 unspecified atom stereocenters. The average Bonchev–Trinajstić information content (AvgIpc) is 3.07. The number of pyridine rings is 1. The summed E-state index contributed by atoms with van der Waals surface area (Å²) in [6, 6.07) is 19.3. The first-order valence-electron chi connectivity index (χ1n) is 7.73. The molecule has 4 rings (SSSR count). The maximum Gasteiger partial charge on any atom is 0.264 e. The van der Waals surface area contributed by atoms with E-state index >= 15 is 0 Å². The molecule has 0 aliphatic rings. The molecule has 0 saturated heterocycles. The summed E-state index contributed by atoms with van der Waals surface area (Å²) in [6.45, 7) is 0. The maximum absolute atomic E-state index is 14.5. The van der Waals surface area contributed by atoms with Crippen LogP contribution >= 0.6 is 0 Å². The molecule has 0 radical (unpaired) electrons. The van der Waals surface area contributed by atoms with E-state index in [1.165, 1.54) is 0 Å². The van der Waals surface area contributed by atoms with E-state index in [-0.39, 0.29) is 0 Å². The van der Waals surface area contributed by atoms with Crippen molar-refractivity contribution in [1.82, 2.24) is 10.1 Å². The second-order valence-electron chi connectivity index (χ2n) is 5.35. The van der Waals surface area contributed by atoms with Crippen LogP contribution in [0.2, 0.25) is 0 Å². The van der Waals surface area contributed by atoms with Crippen LogP contribution in [-0.2, 0) is 0 Å². The Hall–Kier alpha value is -3.41. The van der Waals surface area contributed by atoms with Crippen LogP contribution in [0, 0.1) is 0 Å². The minimum atomic E-state index is -1.59. The molecule has 4 aromatic rings. The molecule has 6 heteroatoms. The van der Waals surface area contributed by atoms with Crippen molar-refractivity contribution in [3.05, 3.63) is 78.5 Å². The largest absolute Gasteiger partial charge is 0.455 e. The van der Waals surface area contributed by atoms with Gasteiger partial charge in [0, 0.05) is 11.8 Å². The van der Waals surface area contributed by atoms with Crippen LogP contribution in [0.4, 0.5) is 16.0 Å². The zero-order chi connectivity index (χ0) is 17.1. The number of fused-ring (bicyclic) bond motifs is 1. The van der Waals surface area contributed by atoms with Gasteiger partial charge in [-0.1, -0.05) is 47.6 Å². The summed E-state index contributed by atoms with van der Waals surface area (Å²) in [5, 5.41) is 7.63. The van der Waals surface area contributed by atoms with E-state index in [0.717, 1.165) is 0 Å². The lowest BCUT2D eigenvalue weighted by Crippen LogP contribution is -2.02. The number of nitrogens with one attached hydrogen (secondary N) is 1. The minimum absolute atomic E-state index is 0.341. The highest BCUT2D eigenvalue weighted by molar-refractivity contribution is 5.95. The van der Waals surface area contributed by atoms with E-state index < -0.39 is 6.36 Å². The molecule has 0 aliphatic carbocycles. The van der Waals surface area contributed by atoms with Gasteiger partial charge in [-0.3, -0.25) is 0 Å². The fourth-order valence-corrected chi connectivity index (χ4v) is 2.49. The normalized spacial score (nSPS) is 12.0. The first-order valence-corrected chi connectivity index (χ1v) is 7.73. The van der Waals surface area contributed by atoms with Crippen LogP contribution in [0.3, 0.4) is 0 Å². The molecular formula is C19H14FN3O2. The Bertz CT molecular complexity index is 974. The number of halogens is 1. The van der Waals surface area contributed by atoms with E-state index in [0.29, 0.717) is 33.9 Å². The summed E-state index contributed by atoms with van der Waals surface area (Å²) in [5.41, 5.74) is 0.936. The van der Waals surface area contributed by atoms with Gasteiger partial charge in [0.25, 0.3) is 6.36 Å². The molecular weight excluding hydrogens is 321 g/mol. The number of hydrogen-bond donors (Lipinski definition) is 1. The Kier molecular flexibility index (Phi) is 4.00. The van der Waals surface area contributed by atoms with Crippen molar-refractivity contribution < 1.29 is 13.7 Å². The van der Waals surface area contributed by atoms with E-state index in [2.05, 4.69) is 15.5 Å². The third-order valence-electron chi connectivity index (χ3n) is 3.66. The molecule has 2 aromatic heterocycles. The number of alkyl halides is 1. The fraction of sp³-hybridized carbons (Fsp3) is 0.0526. The molecule has 2 heterocycles.